The Bertz CT molecular complexity index is 1170. The lowest BCUT2D eigenvalue weighted by Crippen LogP contribution is -2.43. The Hall–Kier alpha value is -2.00. The SMILES string of the molecule is CC(C)(C)[Si](C)(C)OCCN(C(=O)c1c(Cl)ncnc1Cl)c1cnc2c(ccn2C2CC2)c1. The van der Waals surface area contributed by atoms with Gasteiger partial charge in [-0.05, 0) is 43.1 Å². The fraction of sp³-hybridized carbons (Fsp3) is 0.478. The summed E-state index contributed by atoms with van der Waals surface area (Å²) in [4.78, 5) is 27.8. The molecule has 3 heterocycles. The highest BCUT2D eigenvalue weighted by Crippen LogP contribution is 2.38. The van der Waals surface area contributed by atoms with Crippen LogP contribution in [0.5, 0.6) is 0 Å². The van der Waals surface area contributed by atoms with E-state index in [1.54, 1.807) is 11.1 Å². The number of nitrogens with zero attached hydrogens (tertiary/aromatic N) is 5. The summed E-state index contributed by atoms with van der Waals surface area (Å²) < 4.78 is 8.55. The van der Waals surface area contributed by atoms with Crippen molar-refractivity contribution in [3.05, 3.63) is 46.7 Å². The number of anilines is 1. The first-order valence-corrected chi connectivity index (χ1v) is 14.7. The number of hydrogen-bond acceptors (Lipinski definition) is 5. The van der Waals surface area contributed by atoms with Crippen LogP contribution < -0.4 is 4.90 Å². The minimum atomic E-state index is -1.99. The van der Waals surface area contributed by atoms with Gasteiger partial charge in [0.25, 0.3) is 5.91 Å². The third-order valence-electron chi connectivity index (χ3n) is 6.59. The van der Waals surface area contributed by atoms with Crippen molar-refractivity contribution in [2.24, 2.45) is 0 Å². The van der Waals surface area contributed by atoms with Crippen LogP contribution in [-0.4, -0.2) is 46.9 Å². The lowest BCUT2D eigenvalue weighted by molar-refractivity contribution is 0.0981. The summed E-state index contributed by atoms with van der Waals surface area (Å²) in [5, 5.41) is 1.07. The molecule has 10 heteroatoms. The van der Waals surface area contributed by atoms with Crippen LogP contribution >= 0.6 is 23.2 Å². The van der Waals surface area contributed by atoms with Crippen LogP contribution in [0.3, 0.4) is 0 Å². The van der Waals surface area contributed by atoms with E-state index < -0.39 is 8.32 Å². The van der Waals surface area contributed by atoms with E-state index in [0.717, 1.165) is 11.0 Å². The third-order valence-corrected chi connectivity index (χ3v) is 11.7. The van der Waals surface area contributed by atoms with Gasteiger partial charge < -0.3 is 13.9 Å². The molecule has 1 amide bonds. The third kappa shape index (κ3) is 4.94. The molecule has 0 aromatic carbocycles. The van der Waals surface area contributed by atoms with E-state index in [-0.39, 0.29) is 26.8 Å². The van der Waals surface area contributed by atoms with Crippen LogP contribution in [0.4, 0.5) is 5.69 Å². The Labute approximate surface area is 205 Å². The summed E-state index contributed by atoms with van der Waals surface area (Å²) in [6, 6.07) is 4.53. The zero-order valence-electron chi connectivity index (χ0n) is 19.6. The molecule has 3 aromatic rings. The first kappa shape index (κ1) is 24.1. The Morgan fingerprint density at radius 1 is 1.21 bits per heavy atom. The van der Waals surface area contributed by atoms with Crippen LogP contribution in [0.25, 0.3) is 11.0 Å². The van der Waals surface area contributed by atoms with Gasteiger partial charge in [0, 0.05) is 24.2 Å². The molecule has 7 nitrogen and oxygen atoms in total. The largest absolute Gasteiger partial charge is 0.415 e. The molecular weight excluding hydrogens is 477 g/mol. The molecule has 33 heavy (non-hydrogen) atoms. The lowest BCUT2D eigenvalue weighted by Gasteiger charge is -2.36. The zero-order valence-corrected chi connectivity index (χ0v) is 22.1. The predicted octanol–water partition coefficient (Wildman–Crippen LogP) is 6.14. The molecule has 4 rings (SSSR count). The quantitative estimate of drug-likeness (QED) is 0.284. The van der Waals surface area contributed by atoms with E-state index in [2.05, 4.69) is 59.6 Å². The number of halogens is 2. The number of aromatic nitrogens is 4. The first-order chi connectivity index (χ1) is 15.5. The van der Waals surface area contributed by atoms with E-state index >= 15 is 0 Å². The highest BCUT2D eigenvalue weighted by molar-refractivity contribution is 6.74. The maximum absolute atomic E-state index is 13.6. The second-order valence-electron chi connectivity index (χ2n) is 9.96. The van der Waals surface area contributed by atoms with Crippen molar-refractivity contribution in [3.63, 3.8) is 0 Å². The molecule has 1 aliphatic rings. The maximum atomic E-state index is 13.6. The van der Waals surface area contributed by atoms with Crippen molar-refractivity contribution >= 4 is 54.1 Å². The van der Waals surface area contributed by atoms with Crippen molar-refractivity contribution in [3.8, 4) is 0 Å². The van der Waals surface area contributed by atoms with E-state index in [1.165, 1.54) is 19.2 Å². The summed E-state index contributed by atoms with van der Waals surface area (Å²) in [5.41, 5.74) is 1.64. The highest BCUT2D eigenvalue weighted by atomic mass is 35.5. The van der Waals surface area contributed by atoms with E-state index in [0.29, 0.717) is 24.9 Å². The van der Waals surface area contributed by atoms with Gasteiger partial charge >= 0.3 is 0 Å². The molecule has 0 aliphatic heterocycles. The number of fused-ring (bicyclic) bond motifs is 1. The Morgan fingerprint density at radius 3 is 2.48 bits per heavy atom. The van der Waals surface area contributed by atoms with Gasteiger partial charge in [-0.2, -0.15) is 0 Å². The fourth-order valence-corrected chi connectivity index (χ4v) is 4.95. The Kier molecular flexibility index (Phi) is 6.57. The smallest absolute Gasteiger partial charge is 0.264 e. The van der Waals surface area contributed by atoms with E-state index in [4.69, 9.17) is 27.6 Å². The van der Waals surface area contributed by atoms with Crippen LogP contribution in [0, 0.1) is 0 Å². The summed E-state index contributed by atoms with van der Waals surface area (Å²) in [6.45, 7) is 11.6. The first-order valence-electron chi connectivity index (χ1n) is 11.1. The standard InChI is InChI=1S/C23H29Cl2N5O2Si/c1-23(2,3)33(4,5)32-11-10-30(22(31)18-19(24)27-14-28-20(18)25)17-12-15-8-9-29(16-6-7-16)21(15)26-13-17/h8-9,12-14,16H,6-7,10-11H2,1-5H3. The van der Waals surface area contributed by atoms with Gasteiger partial charge in [-0.15, -0.1) is 0 Å². The number of hydrogen-bond donors (Lipinski definition) is 0. The van der Waals surface area contributed by atoms with Crippen LogP contribution in [0.1, 0.15) is 50.0 Å². The molecule has 1 fully saturated rings. The van der Waals surface area contributed by atoms with Crippen LogP contribution in [0.15, 0.2) is 30.9 Å². The topological polar surface area (TPSA) is 73.1 Å². The van der Waals surface area contributed by atoms with Crippen molar-refractivity contribution in [1.82, 2.24) is 19.5 Å². The predicted molar refractivity (Wildman–Crippen MR) is 135 cm³/mol. The second kappa shape index (κ2) is 8.98. The number of carbonyl (C=O) groups excluding carboxylic acids is 1. The highest BCUT2D eigenvalue weighted by Gasteiger charge is 2.37. The molecule has 0 atom stereocenters. The van der Waals surface area contributed by atoms with Gasteiger partial charge in [0.05, 0.1) is 18.5 Å². The minimum absolute atomic E-state index is 0.0178. The van der Waals surface area contributed by atoms with E-state index in [9.17, 15) is 4.79 Å². The van der Waals surface area contributed by atoms with Crippen LogP contribution in [-0.2, 0) is 4.43 Å². The van der Waals surface area contributed by atoms with Gasteiger partial charge in [-0.1, -0.05) is 44.0 Å². The second-order valence-corrected chi connectivity index (χ2v) is 15.5. The van der Waals surface area contributed by atoms with Gasteiger partial charge in [0.2, 0.25) is 0 Å². The summed E-state index contributed by atoms with van der Waals surface area (Å²) in [6.07, 6.45) is 7.36. The molecular formula is C23H29Cl2N5O2Si. The van der Waals surface area contributed by atoms with Gasteiger partial charge in [0.1, 0.15) is 27.8 Å². The normalized spacial score (nSPS) is 14.6. The summed E-state index contributed by atoms with van der Waals surface area (Å²) >= 11 is 12.5. The van der Waals surface area contributed by atoms with Crippen LogP contribution in [0.2, 0.25) is 28.4 Å². The van der Waals surface area contributed by atoms with Crippen molar-refractivity contribution in [2.75, 3.05) is 18.1 Å². The molecule has 3 aromatic heterocycles. The number of pyridine rings is 1. The van der Waals surface area contributed by atoms with Crippen molar-refractivity contribution in [2.45, 2.75) is 57.8 Å². The average molecular weight is 507 g/mol. The molecule has 0 bridgehead atoms. The maximum Gasteiger partial charge on any atom is 0.264 e. The molecule has 0 saturated heterocycles. The molecule has 1 saturated carbocycles. The van der Waals surface area contributed by atoms with Gasteiger partial charge in [0.15, 0.2) is 8.32 Å². The Balaban J connectivity index is 1.66. The monoisotopic (exact) mass is 505 g/mol. The average Bonchev–Trinajstić information content (AvgIpc) is 3.49. The molecule has 176 valence electrons. The minimum Gasteiger partial charge on any atom is -0.415 e. The fourth-order valence-electron chi connectivity index (χ4n) is 3.44. The molecule has 0 N–H and O–H groups in total. The number of amides is 1. The molecule has 1 aliphatic carbocycles. The van der Waals surface area contributed by atoms with Gasteiger partial charge in [-0.25, -0.2) is 15.0 Å². The summed E-state index contributed by atoms with van der Waals surface area (Å²) in [5.74, 6) is -0.382. The number of carbonyl (C=O) groups is 1. The number of rotatable bonds is 7. The Morgan fingerprint density at radius 2 is 1.88 bits per heavy atom. The van der Waals surface area contributed by atoms with Crippen molar-refractivity contribution < 1.29 is 9.22 Å². The molecule has 0 spiro atoms. The molecule has 0 radical (unpaired) electrons. The summed E-state index contributed by atoms with van der Waals surface area (Å²) in [7, 11) is -1.99. The van der Waals surface area contributed by atoms with Crippen molar-refractivity contribution in [1.29, 1.82) is 0 Å². The van der Waals surface area contributed by atoms with Gasteiger partial charge in [-0.3, -0.25) is 4.79 Å². The van der Waals surface area contributed by atoms with E-state index in [1.807, 2.05) is 12.1 Å². The molecule has 0 unspecified atom stereocenters. The lowest BCUT2D eigenvalue weighted by atomic mass is 10.2. The zero-order chi connectivity index (χ0) is 24.0.